The molecule has 0 bridgehead atoms. The first kappa shape index (κ1) is 23.6. The van der Waals surface area contributed by atoms with Gasteiger partial charge in [-0.05, 0) is 41.3 Å². The summed E-state index contributed by atoms with van der Waals surface area (Å²) in [6, 6.07) is 24.9. The van der Waals surface area contributed by atoms with Crippen LogP contribution in [-0.2, 0) is 11.3 Å². The number of benzene rings is 3. The average molecular weight is 474 g/mol. The summed E-state index contributed by atoms with van der Waals surface area (Å²) in [6.45, 7) is 2.99. The van der Waals surface area contributed by atoms with E-state index in [0.717, 1.165) is 11.3 Å². The standard InChI is InChI=1S/C27H27N3O3S/c1-19(21-8-4-3-5-9-21)16-28-25(31)18-34-27-29-24-11-7-6-10-23(24)26(32)30(27)17-20-12-14-22(33-2)15-13-20/h3-15,19H,16-18H2,1-2H3,(H,28,31). The molecule has 3 aromatic carbocycles. The molecule has 4 rings (SSSR count). The van der Waals surface area contributed by atoms with Crippen molar-refractivity contribution in [3.8, 4) is 5.75 Å². The Bertz CT molecular complexity index is 1320. The molecular formula is C27H27N3O3S. The van der Waals surface area contributed by atoms with Crippen LogP contribution in [0.3, 0.4) is 0 Å². The molecule has 7 heteroatoms. The average Bonchev–Trinajstić information content (AvgIpc) is 2.88. The van der Waals surface area contributed by atoms with Crippen molar-refractivity contribution in [3.05, 3.63) is 100 Å². The predicted molar refractivity (Wildman–Crippen MR) is 137 cm³/mol. The van der Waals surface area contributed by atoms with Crippen molar-refractivity contribution in [2.45, 2.75) is 24.5 Å². The number of nitrogens with zero attached hydrogens (tertiary/aromatic N) is 2. The van der Waals surface area contributed by atoms with E-state index >= 15 is 0 Å². The van der Waals surface area contributed by atoms with Crippen LogP contribution in [0.5, 0.6) is 5.75 Å². The maximum Gasteiger partial charge on any atom is 0.262 e. The number of amides is 1. The number of para-hydroxylation sites is 1. The third-order valence-electron chi connectivity index (χ3n) is 5.63. The fourth-order valence-electron chi connectivity index (χ4n) is 3.66. The van der Waals surface area contributed by atoms with Crippen LogP contribution in [0.4, 0.5) is 0 Å². The number of carbonyl (C=O) groups excluding carboxylic acids is 1. The van der Waals surface area contributed by atoms with E-state index in [4.69, 9.17) is 9.72 Å². The van der Waals surface area contributed by atoms with Gasteiger partial charge < -0.3 is 10.1 Å². The smallest absolute Gasteiger partial charge is 0.262 e. The van der Waals surface area contributed by atoms with Crippen LogP contribution in [0.2, 0.25) is 0 Å². The molecule has 0 aliphatic carbocycles. The summed E-state index contributed by atoms with van der Waals surface area (Å²) < 4.78 is 6.86. The van der Waals surface area contributed by atoms with Crippen molar-refractivity contribution in [1.82, 2.24) is 14.9 Å². The van der Waals surface area contributed by atoms with Crippen molar-refractivity contribution in [3.63, 3.8) is 0 Å². The second kappa shape index (κ2) is 11.0. The number of hydrogen-bond donors (Lipinski definition) is 1. The van der Waals surface area contributed by atoms with E-state index in [1.807, 2.05) is 60.7 Å². The summed E-state index contributed by atoms with van der Waals surface area (Å²) >= 11 is 1.27. The Morgan fingerprint density at radius 2 is 1.74 bits per heavy atom. The fourth-order valence-corrected chi connectivity index (χ4v) is 4.49. The van der Waals surface area contributed by atoms with Crippen molar-refractivity contribution >= 4 is 28.6 Å². The highest BCUT2D eigenvalue weighted by atomic mass is 32.2. The normalized spacial score (nSPS) is 11.8. The second-order valence-corrected chi connectivity index (χ2v) is 9.00. The molecule has 0 radical (unpaired) electrons. The van der Waals surface area contributed by atoms with Gasteiger partial charge in [0, 0.05) is 6.54 Å². The van der Waals surface area contributed by atoms with Crippen LogP contribution in [0, 0.1) is 0 Å². The van der Waals surface area contributed by atoms with Crippen LogP contribution in [0.1, 0.15) is 24.0 Å². The fraction of sp³-hybridized carbons (Fsp3) is 0.222. The number of fused-ring (bicyclic) bond motifs is 1. The van der Waals surface area contributed by atoms with Gasteiger partial charge in [-0.2, -0.15) is 0 Å². The number of carbonyl (C=O) groups is 1. The van der Waals surface area contributed by atoms with Crippen molar-refractivity contribution < 1.29 is 9.53 Å². The Hall–Kier alpha value is -3.58. The quantitative estimate of drug-likeness (QED) is 0.287. The Morgan fingerprint density at radius 1 is 1.03 bits per heavy atom. The van der Waals surface area contributed by atoms with Crippen LogP contribution < -0.4 is 15.6 Å². The van der Waals surface area contributed by atoms with Gasteiger partial charge in [0.05, 0.1) is 30.3 Å². The summed E-state index contributed by atoms with van der Waals surface area (Å²) in [5.74, 6) is 1.05. The number of rotatable bonds is 9. The Balaban J connectivity index is 1.50. The summed E-state index contributed by atoms with van der Waals surface area (Å²) in [5.41, 5.74) is 2.63. The molecule has 1 amide bonds. The molecular weight excluding hydrogens is 446 g/mol. The van der Waals surface area contributed by atoms with E-state index in [0.29, 0.717) is 29.1 Å². The Kier molecular flexibility index (Phi) is 7.65. The minimum Gasteiger partial charge on any atom is -0.497 e. The van der Waals surface area contributed by atoms with Crippen molar-refractivity contribution in [2.75, 3.05) is 19.4 Å². The number of aromatic nitrogens is 2. The zero-order valence-corrected chi connectivity index (χ0v) is 20.0. The molecule has 0 saturated carbocycles. The van der Waals surface area contributed by atoms with Crippen LogP contribution >= 0.6 is 11.8 Å². The van der Waals surface area contributed by atoms with E-state index in [2.05, 4.69) is 24.4 Å². The monoisotopic (exact) mass is 473 g/mol. The lowest BCUT2D eigenvalue weighted by Crippen LogP contribution is -2.30. The molecule has 0 spiro atoms. The molecule has 1 N–H and O–H groups in total. The lowest BCUT2D eigenvalue weighted by molar-refractivity contribution is -0.118. The lowest BCUT2D eigenvalue weighted by Gasteiger charge is -2.15. The lowest BCUT2D eigenvalue weighted by atomic mass is 10.0. The van der Waals surface area contributed by atoms with Gasteiger partial charge in [-0.1, -0.05) is 73.3 Å². The minimum absolute atomic E-state index is 0.0915. The molecule has 1 heterocycles. The third kappa shape index (κ3) is 5.66. The first-order valence-electron chi connectivity index (χ1n) is 11.1. The van der Waals surface area contributed by atoms with Crippen LogP contribution in [0.15, 0.2) is 88.8 Å². The molecule has 0 saturated heterocycles. The number of hydrogen-bond acceptors (Lipinski definition) is 5. The summed E-state index contributed by atoms with van der Waals surface area (Å²) in [6.07, 6.45) is 0. The van der Waals surface area contributed by atoms with E-state index in [9.17, 15) is 9.59 Å². The largest absolute Gasteiger partial charge is 0.497 e. The van der Waals surface area contributed by atoms with Crippen LogP contribution in [-0.4, -0.2) is 34.9 Å². The highest BCUT2D eigenvalue weighted by molar-refractivity contribution is 7.99. The summed E-state index contributed by atoms with van der Waals surface area (Å²) in [7, 11) is 1.62. The first-order valence-corrected chi connectivity index (χ1v) is 12.1. The molecule has 0 aliphatic rings. The summed E-state index contributed by atoms with van der Waals surface area (Å²) in [5, 5.41) is 4.07. The highest BCUT2D eigenvalue weighted by Crippen LogP contribution is 2.20. The molecule has 6 nitrogen and oxygen atoms in total. The number of methoxy groups -OCH3 is 1. The maximum atomic E-state index is 13.3. The van der Waals surface area contributed by atoms with Gasteiger partial charge in [0.25, 0.3) is 5.56 Å². The van der Waals surface area contributed by atoms with E-state index < -0.39 is 0 Å². The van der Waals surface area contributed by atoms with Gasteiger partial charge in [-0.3, -0.25) is 14.2 Å². The molecule has 0 aliphatic heterocycles. The zero-order chi connectivity index (χ0) is 23.9. The van der Waals surface area contributed by atoms with Gasteiger partial charge in [0.15, 0.2) is 5.16 Å². The van der Waals surface area contributed by atoms with Gasteiger partial charge in [0.1, 0.15) is 5.75 Å². The first-order chi connectivity index (χ1) is 16.5. The van der Waals surface area contributed by atoms with Gasteiger partial charge >= 0.3 is 0 Å². The van der Waals surface area contributed by atoms with Gasteiger partial charge in [-0.15, -0.1) is 0 Å². The molecule has 4 aromatic rings. The minimum atomic E-state index is -0.123. The Morgan fingerprint density at radius 3 is 2.47 bits per heavy atom. The number of nitrogens with one attached hydrogen (secondary N) is 1. The molecule has 1 aromatic heterocycles. The second-order valence-electron chi connectivity index (χ2n) is 8.06. The van der Waals surface area contributed by atoms with Crippen LogP contribution in [0.25, 0.3) is 10.9 Å². The highest BCUT2D eigenvalue weighted by Gasteiger charge is 2.14. The molecule has 1 atom stereocenters. The third-order valence-corrected chi connectivity index (χ3v) is 6.61. The number of ether oxygens (including phenoxy) is 1. The number of thioether (sulfide) groups is 1. The van der Waals surface area contributed by atoms with E-state index in [-0.39, 0.29) is 23.1 Å². The van der Waals surface area contributed by atoms with Crippen molar-refractivity contribution in [2.24, 2.45) is 0 Å². The summed E-state index contributed by atoms with van der Waals surface area (Å²) in [4.78, 5) is 30.6. The van der Waals surface area contributed by atoms with Gasteiger partial charge in [-0.25, -0.2) is 4.98 Å². The predicted octanol–water partition coefficient (Wildman–Crippen LogP) is 4.47. The maximum absolute atomic E-state index is 13.3. The van der Waals surface area contributed by atoms with E-state index in [1.54, 1.807) is 17.7 Å². The molecule has 0 fully saturated rings. The zero-order valence-electron chi connectivity index (χ0n) is 19.2. The molecule has 1 unspecified atom stereocenters. The van der Waals surface area contributed by atoms with E-state index in [1.165, 1.54) is 17.3 Å². The molecule has 34 heavy (non-hydrogen) atoms. The topological polar surface area (TPSA) is 73.2 Å². The SMILES string of the molecule is COc1ccc(Cn2c(SCC(=O)NCC(C)c3ccccc3)nc3ccccc3c2=O)cc1. The van der Waals surface area contributed by atoms with Gasteiger partial charge in [0.2, 0.25) is 5.91 Å². The van der Waals surface area contributed by atoms with Crippen molar-refractivity contribution in [1.29, 1.82) is 0 Å². The molecule has 174 valence electrons. The Labute approximate surface area is 203 Å².